The highest BCUT2D eigenvalue weighted by molar-refractivity contribution is 9.11. The summed E-state index contributed by atoms with van der Waals surface area (Å²) in [6.45, 7) is 9.04. The van der Waals surface area contributed by atoms with E-state index in [9.17, 15) is 9.59 Å². The first kappa shape index (κ1) is 31.1. The summed E-state index contributed by atoms with van der Waals surface area (Å²) in [7, 11) is 0. The third-order valence-electron chi connectivity index (χ3n) is 11.0. The largest absolute Gasteiger partial charge is 0.289 e. The first-order valence-electron chi connectivity index (χ1n) is 16.3. The number of hydrogen-bond donors (Lipinski definition) is 0. The summed E-state index contributed by atoms with van der Waals surface area (Å²) in [5.41, 5.74) is 17.6. The van der Waals surface area contributed by atoms with Crippen molar-refractivity contribution in [2.45, 2.75) is 38.5 Å². The molecule has 0 unspecified atom stereocenters. The molecule has 4 aliphatic carbocycles. The van der Waals surface area contributed by atoms with Gasteiger partial charge in [0.05, 0.1) is 0 Å². The van der Waals surface area contributed by atoms with E-state index < -0.39 is 0 Å². The van der Waals surface area contributed by atoms with Gasteiger partial charge in [0.15, 0.2) is 11.6 Å². The fraction of sp³-hybridized carbons (Fsp3) is 0.136. The summed E-state index contributed by atoms with van der Waals surface area (Å²) in [5, 5.41) is 0. The number of ketones is 2. The Balaban J connectivity index is 0.000000133. The molecule has 0 aliphatic heterocycles. The Bertz CT molecular complexity index is 2520. The molecule has 5 heteroatoms. The van der Waals surface area contributed by atoms with Crippen molar-refractivity contribution in [1.82, 2.24) is 0 Å². The van der Waals surface area contributed by atoms with Gasteiger partial charge in [-0.15, -0.1) is 0 Å². The number of hydrogen-bond acceptors (Lipinski definition) is 2. The van der Waals surface area contributed by atoms with Crippen molar-refractivity contribution in [3.05, 3.63) is 161 Å². The molecule has 6 aromatic rings. The lowest BCUT2D eigenvalue weighted by atomic mass is 9.78. The number of halogens is 3. The van der Waals surface area contributed by atoms with Crippen LogP contribution in [0, 0.1) is 0 Å². The van der Waals surface area contributed by atoms with Crippen molar-refractivity contribution in [1.29, 1.82) is 0 Å². The van der Waals surface area contributed by atoms with E-state index in [4.69, 9.17) is 0 Å². The second-order valence-electron chi connectivity index (χ2n) is 14.3. The van der Waals surface area contributed by atoms with E-state index in [-0.39, 0.29) is 22.4 Å². The highest BCUT2D eigenvalue weighted by atomic mass is 79.9. The van der Waals surface area contributed by atoms with E-state index in [1.807, 2.05) is 36.4 Å². The van der Waals surface area contributed by atoms with Crippen molar-refractivity contribution in [3.8, 4) is 44.5 Å². The van der Waals surface area contributed by atoms with E-state index in [0.717, 1.165) is 57.9 Å². The van der Waals surface area contributed by atoms with Crippen molar-refractivity contribution in [3.63, 3.8) is 0 Å². The van der Waals surface area contributed by atoms with Gasteiger partial charge in [-0.3, -0.25) is 9.59 Å². The zero-order valence-electron chi connectivity index (χ0n) is 27.3. The summed E-state index contributed by atoms with van der Waals surface area (Å²) >= 11 is 10.7. The SMILES string of the molecule is CC1(C)c2ccccc2-c2c(Br)cc3c(c21)-c1ccc(Br)cc1C3=O.CC1(C)c2ccccc2-c2ccc3c(c21)-c1ccc(Br)cc1C3=O. The van der Waals surface area contributed by atoms with Crippen LogP contribution >= 0.6 is 47.8 Å². The van der Waals surface area contributed by atoms with Crippen molar-refractivity contribution in [2.75, 3.05) is 0 Å². The molecule has 49 heavy (non-hydrogen) atoms. The summed E-state index contributed by atoms with van der Waals surface area (Å²) in [4.78, 5) is 25.9. The maximum absolute atomic E-state index is 13.0. The first-order chi connectivity index (χ1) is 23.4. The third kappa shape index (κ3) is 4.16. The monoisotopic (exact) mass is 826 g/mol. The molecular formula is C44H29Br3O2. The van der Waals surface area contributed by atoms with Gasteiger partial charge in [-0.05, 0) is 97.6 Å². The molecule has 0 amide bonds. The quantitative estimate of drug-likeness (QED) is 0.153. The number of carbonyl (C=O) groups excluding carboxylic acids is 2. The van der Waals surface area contributed by atoms with Gasteiger partial charge in [0.25, 0.3) is 0 Å². The van der Waals surface area contributed by atoms with Gasteiger partial charge in [-0.2, -0.15) is 0 Å². The molecule has 2 nitrogen and oxygen atoms in total. The predicted molar refractivity (Wildman–Crippen MR) is 209 cm³/mol. The highest BCUT2D eigenvalue weighted by Gasteiger charge is 2.44. The molecule has 0 N–H and O–H groups in total. The minimum Gasteiger partial charge on any atom is -0.289 e. The lowest BCUT2D eigenvalue weighted by Gasteiger charge is -2.24. The Morgan fingerprint density at radius 1 is 0.408 bits per heavy atom. The van der Waals surface area contributed by atoms with E-state index in [1.54, 1.807) is 0 Å². The fourth-order valence-electron chi connectivity index (χ4n) is 8.86. The van der Waals surface area contributed by atoms with Crippen LogP contribution in [0.4, 0.5) is 0 Å². The fourth-order valence-corrected chi connectivity index (χ4v) is 10.2. The van der Waals surface area contributed by atoms with Crippen LogP contribution in [-0.4, -0.2) is 11.6 Å². The Morgan fingerprint density at radius 3 is 1.51 bits per heavy atom. The lowest BCUT2D eigenvalue weighted by Crippen LogP contribution is -2.16. The standard InChI is InChI=1S/C22H14Br2O.C22H15BrO/c1-22(2)16-6-4-3-5-13(16)19-17(24)10-15-18(20(19)22)12-8-7-11(23)9-14(12)21(15)25;1-22(2)18-6-4-3-5-13(18)15-9-10-16-19(20(15)22)14-8-7-12(23)11-17(14)21(16)24/h3-10H,1-2H3;3-11H,1-2H3. The average molecular weight is 829 g/mol. The molecule has 238 valence electrons. The second-order valence-corrected chi connectivity index (χ2v) is 17.0. The second kappa shape index (κ2) is 10.6. The Hall–Kier alpha value is -3.90. The van der Waals surface area contributed by atoms with Crippen LogP contribution in [0.15, 0.2) is 117 Å². The molecule has 0 spiro atoms. The molecule has 0 aromatic heterocycles. The number of carbonyl (C=O) groups is 2. The third-order valence-corrected chi connectivity index (χ3v) is 12.6. The minimum absolute atomic E-state index is 0.105. The van der Waals surface area contributed by atoms with Gasteiger partial charge in [0, 0.05) is 52.1 Å². The molecule has 6 aromatic carbocycles. The van der Waals surface area contributed by atoms with Gasteiger partial charge < -0.3 is 0 Å². The molecule has 0 saturated carbocycles. The number of benzene rings is 6. The molecular weight excluding hydrogens is 800 g/mol. The molecule has 4 aliphatic rings. The molecule has 0 radical (unpaired) electrons. The Morgan fingerprint density at radius 2 is 0.878 bits per heavy atom. The normalized spacial score (nSPS) is 15.7. The van der Waals surface area contributed by atoms with Crippen molar-refractivity contribution >= 4 is 59.4 Å². The van der Waals surface area contributed by atoms with E-state index in [0.29, 0.717) is 0 Å². The Labute approximate surface area is 311 Å². The molecule has 0 atom stereocenters. The van der Waals surface area contributed by atoms with Crippen molar-refractivity contribution < 1.29 is 9.59 Å². The van der Waals surface area contributed by atoms with Crippen molar-refractivity contribution in [2.24, 2.45) is 0 Å². The summed E-state index contributed by atoms with van der Waals surface area (Å²) in [6.07, 6.45) is 0. The molecule has 0 bridgehead atoms. The van der Waals surface area contributed by atoms with Gasteiger partial charge >= 0.3 is 0 Å². The van der Waals surface area contributed by atoms with E-state index in [2.05, 4.69) is 142 Å². The average Bonchev–Trinajstić information content (AvgIpc) is 3.70. The highest BCUT2D eigenvalue weighted by Crippen LogP contribution is 2.58. The number of rotatable bonds is 0. The molecule has 0 fully saturated rings. The summed E-state index contributed by atoms with van der Waals surface area (Å²) in [6, 6.07) is 35.3. The zero-order chi connectivity index (χ0) is 34.1. The van der Waals surface area contributed by atoms with Crippen LogP contribution < -0.4 is 0 Å². The maximum Gasteiger partial charge on any atom is 0.194 e. The van der Waals surface area contributed by atoms with Crippen LogP contribution in [0.2, 0.25) is 0 Å². The first-order valence-corrected chi connectivity index (χ1v) is 18.7. The molecule has 10 rings (SSSR count). The number of fused-ring (bicyclic) bond motifs is 14. The van der Waals surface area contributed by atoms with Crippen LogP contribution in [0.3, 0.4) is 0 Å². The Kier molecular flexibility index (Phi) is 6.70. The molecule has 0 saturated heterocycles. The van der Waals surface area contributed by atoms with Gasteiger partial charge in [-0.1, -0.05) is 142 Å². The van der Waals surface area contributed by atoms with Gasteiger partial charge in [-0.25, -0.2) is 0 Å². The smallest absolute Gasteiger partial charge is 0.194 e. The lowest BCUT2D eigenvalue weighted by molar-refractivity contribution is 0.103. The van der Waals surface area contributed by atoms with Crippen LogP contribution in [0.25, 0.3) is 44.5 Å². The van der Waals surface area contributed by atoms with Gasteiger partial charge in [0.2, 0.25) is 0 Å². The predicted octanol–water partition coefficient (Wildman–Crippen LogP) is 12.7. The maximum atomic E-state index is 13.0. The van der Waals surface area contributed by atoms with Gasteiger partial charge in [0.1, 0.15) is 0 Å². The van der Waals surface area contributed by atoms with E-state index >= 15 is 0 Å². The zero-order valence-corrected chi connectivity index (χ0v) is 32.0. The summed E-state index contributed by atoms with van der Waals surface area (Å²) < 4.78 is 2.88. The topological polar surface area (TPSA) is 34.1 Å². The minimum atomic E-state index is -0.144. The van der Waals surface area contributed by atoms with Crippen LogP contribution in [0.1, 0.15) is 81.8 Å². The van der Waals surface area contributed by atoms with Crippen LogP contribution in [0.5, 0.6) is 0 Å². The van der Waals surface area contributed by atoms with Crippen LogP contribution in [-0.2, 0) is 10.8 Å². The molecule has 0 heterocycles. The van der Waals surface area contributed by atoms with E-state index in [1.165, 1.54) is 44.5 Å². The summed E-state index contributed by atoms with van der Waals surface area (Å²) in [5.74, 6) is 0.248.